The first-order chi connectivity index (χ1) is 17.5. The molecule has 1 saturated heterocycles. The van der Waals surface area contributed by atoms with Crippen LogP contribution in [0.4, 0.5) is 0 Å². The Morgan fingerprint density at radius 2 is 1.58 bits per heavy atom. The predicted octanol–water partition coefficient (Wildman–Crippen LogP) is 8.32. The van der Waals surface area contributed by atoms with Gasteiger partial charge in [-0.15, -0.1) is 0 Å². The van der Waals surface area contributed by atoms with Crippen molar-refractivity contribution in [2.75, 3.05) is 13.1 Å². The van der Waals surface area contributed by atoms with Crippen LogP contribution in [-0.4, -0.2) is 23.0 Å². The summed E-state index contributed by atoms with van der Waals surface area (Å²) in [5.74, 6) is 0. The highest BCUT2D eigenvalue weighted by atomic mass is 35.5. The summed E-state index contributed by atoms with van der Waals surface area (Å²) in [6.07, 6.45) is 3.62. The Labute approximate surface area is 226 Å². The quantitative estimate of drug-likeness (QED) is 0.263. The molecule has 182 valence electrons. The largest absolute Gasteiger partial charge is 0.358 e. The maximum atomic E-state index is 6.86. The van der Waals surface area contributed by atoms with E-state index in [2.05, 4.69) is 47.4 Å². The second-order valence-corrected chi connectivity index (χ2v) is 10.9. The van der Waals surface area contributed by atoms with Gasteiger partial charge in [0.25, 0.3) is 0 Å². The lowest BCUT2D eigenvalue weighted by Gasteiger charge is -2.39. The lowest BCUT2D eigenvalue weighted by Crippen LogP contribution is -2.42. The first-order valence-corrected chi connectivity index (χ1v) is 13.3. The summed E-state index contributed by atoms with van der Waals surface area (Å²) in [7, 11) is 0. The number of hydrogen-bond donors (Lipinski definition) is 0. The molecule has 1 atom stereocenters. The molecule has 1 aromatic heterocycles. The zero-order valence-corrected chi connectivity index (χ0v) is 21.9. The standard InChI is InChI=1S/C30H25Cl3N2O/c31-23-5-3-4-20(14-23)21-8-9-26(34-18-21)19-35-12-10-30(11-13-35)28-7-2-1-6-27(28)29(36-30)22-15-24(32)17-25(33)16-22/h1-9,14-18,29H,10-13,19H2. The fourth-order valence-corrected chi connectivity index (χ4v) is 6.25. The third-order valence-corrected chi connectivity index (χ3v) is 7.97. The first-order valence-electron chi connectivity index (χ1n) is 12.2. The maximum absolute atomic E-state index is 6.86. The topological polar surface area (TPSA) is 25.4 Å². The lowest BCUT2D eigenvalue weighted by atomic mass is 9.83. The number of benzene rings is 3. The molecule has 4 aromatic rings. The van der Waals surface area contributed by atoms with Crippen LogP contribution in [0.5, 0.6) is 0 Å². The van der Waals surface area contributed by atoms with Gasteiger partial charge in [0.15, 0.2) is 0 Å². The monoisotopic (exact) mass is 534 g/mol. The van der Waals surface area contributed by atoms with Crippen molar-refractivity contribution in [3.8, 4) is 11.1 Å². The van der Waals surface area contributed by atoms with Gasteiger partial charge in [0.2, 0.25) is 0 Å². The molecule has 6 rings (SSSR count). The van der Waals surface area contributed by atoms with Crippen molar-refractivity contribution in [2.45, 2.75) is 31.1 Å². The number of hydrogen-bond acceptors (Lipinski definition) is 3. The van der Waals surface area contributed by atoms with E-state index >= 15 is 0 Å². The van der Waals surface area contributed by atoms with Gasteiger partial charge in [-0.25, -0.2) is 0 Å². The Morgan fingerprint density at radius 3 is 2.31 bits per heavy atom. The van der Waals surface area contributed by atoms with E-state index in [1.165, 1.54) is 11.1 Å². The van der Waals surface area contributed by atoms with Crippen molar-refractivity contribution in [3.63, 3.8) is 0 Å². The predicted molar refractivity (Wildman–Crippen MR) is 147 cm³/mol. The van der Waals surface area contributed by atoms with Crippen molar-refractivity contribution in [1.82, 2.24) is 9.88 Å². The summed E-state index contributed by atoms with van der Waals surface area (Å²) in [4.78, 5) is 7.19. The van der Waals surface area contributed by atoms with E-state index in [4.69, 9.17) is 44.5 Å². The van der Waals surface area contributed by atoms with E-state index in [-0.39, 0.29) is 11.7 Å². The van der Waals surface area contributed by atoms with Crippen LogP contribution in [0.3, 0.4) is 0 Å². The second kappa shape index (κ2) is 9.81. The van der Waals surface area contributed by atoms with Crippen LogP contribution < -0.4 is 0 Å². The van der Waals surface area contributed by atoms with Gasteiger partial charge in [-0.3, -0.25) is 9.88 Å². The number of piperidine rings is 1. The van der Waals surface area contributed by atoms with Crippen LogP contribution >= 0.6 is 34.8 Å². The van der Waals surface area contributed by atoms with Gasteiger partial charge in [-0.05, 0) is 71.5 Å². The van der Waals surface area contributed by atoms with Crippen LogP contribution in [-0.2, 0) is 16.9 Å². The molecule has 0 aliphatic carbocycles. The molecule has 3 aromatic carbocycles. The van der Waals surface area contributed by atoms with E-state index in [0.717, 1.165) is 59.9 Å². The van der Waals surface area contributed by atoms with Gasteiger partial charge in [-0.1, -0.05) is 77.3 Å². The van der Waals surface area contributed by atoms with Gasteiger partial charge < -0.3 is 4.74 Å². The molecule has 0 saturated carbocycles. The minimum atomic E-state index is -0.295. The van der Waals surface area contributed by atoms with Crippen LogP contribution in [0.2, 0.25) is 15.1 Å². The third-order valence-electron chi connectivity index (χ3n) is 7.30. The molecule has 36 heavy (non-hydrogen) atoms. The van der Waals surface area contributed by atoms with Crippen LogP contribution in [0, 0.1) is 0 Å². The van der Waals surface area contributed by atoms with Gasteiger partial charge in [0, 0.05) is 46.5 Å². The molecule has 1 fully saturated rings. The van der Waals surface area contributed by atoms with Crippen LogP contribution in [0.1, 0.15) is 41.3 Å². The van der Waals surface area contributed by atoms with E-state index < -0.39 is 0 Å². The number of fused-ring (bicyclic) bond motifs is 2. The van der Waals surface area contributed by atoms with Gasteiger partial charge in [0.1, 0.15) is 6.10 Å². The number of nitrogens with zero attached hydrogens (tertiary/aromatic N) is 2. The fraction of sp³-hybridized carbons (Fsp3) is 0.233. The first kappa shape index (κ1) is 24.0. The second-order valence-electron chi connectivity index (χ2n) is 9.61. The fourth-order valence-electron chi connectivity index (χ4n) is 5.51. The van der Waals surface area contributed by atoms with Gasteiger partial charge >= 0.3 is 0 Å². The van der Waals surface area contributed by atoms with E-state index in [1.807, 2.05) is 36.5 Å². The van der Waals surface area contributed by atoms with Crippen molar-refractivity contribution in [3.05, 3.63) is 123 Å². The maximum Gasteiger partial charge on any atom is 0.109 e. The molecule has 2 aliphatic heterocycles. The summed E-state index contributed by atoms with van der Waals surface area (Å²) in [5.41, 5.74) is 6.42. The number of rotatable bonds is 4. The molecule has 0 bridgehead atoms. The number of aromatic nitrogens is 1. The Hall–Kier alpha value is -2.40. The summed E-state index contributed by atoms with van der Waals surface area (Å²) in [5, 5.41) is 1.99. The molecule has 0 radical (unpaired) electrons. The Morgan fingerprint density at radius 1 is 0.806 bits per heavy atom. The average molecular weight is 536 g/mol. The number of halogens is 3. The van der Waals surface area contributed by atoms with E-state index in [9.17, 15) is 0 Å². The molecule has 0 amide bonds. The molecule has 6 heteroatoms. The zero-order valence-electron chi connectivity index (χ0n) is 19.6. The molecule has 1 spiro atoms. The summed E-state index contributed by atoms with van der Waals surface area (Å²) in [6, 6.07) is 26.3. The minimum Gasteiger partial charge on any atom is -0.358 e. The number of pyridine rings is 1. The van der Waals surface area contributed by atoms with Crippen molar-refractivity contribution >= 4 is 34.8 Å². The summed E-state index contributed by atoms with van der Waals surface area (Å²) >= 11 is 18.8. The molecule has 2 aliphatic rings. The highest BCUT2D eigenvalue weighted by Gasteiger charge is 2.47. The van der Waals surface area contributed by atoms with E-state index in [1.54, 1.807) is 6.07 Å². The lowest BCUT2D eigenvalue weighted by molar-refractivity contribution is -0.0979. The third kappa shape index (κ3) is 4.67. The molecular formula is C30H25Cl3N2O. The highest BCUT2D eigenvalue weighted by molar-refractivity contribution is 6.34. The smallest absolute Gasteiger partial charge is 0.109 e. The zero-order chi connectivity index (χ0) is 24.7. The van der Waals surface area contributed by atoms with Crippen molar-refractivity contribution < 1.29 is 4.74 Å². The highest BCUT2D eigenvalue weighted by Crippen LogP contribution is 2.51. The van der Waals surface area contributed by atoms with Gasteiger partial charge in [0.05, 0.1) is 11.3 Å². The minimum absolute atomic E-state index is 0.162. The SMILES string of the molecule is Clc1cccc(-c2ccc(CN3CCC4(CC3)OC(c3cc(Cl)cc(Cl)c3)c3ccccc34)nc2)c1. The average Bonchev–Trinajstić information content (AvgIpc) is 3.20. The molecule has 0 N–H and O–H groups in total. The number of ether oxygens (including phenoxy) is 1. The summed E-state index contributed by atoms with van der Waals surface area (Å²) < 4.78 is 6.86. The molecule has 3 nitrogen and oxygen atoms in total. The normalized spacial score (nSPS) is 18.9. The molecule has 1 unspecified atom stereocenters. The van der Waals surface area contributed by atoms with Crippen LogP contribution in [0.25, 0.3) is 11.1 Å². The Bertz CT molecular complexity index is 1380. The Balaban J connectivity index is 1.17. The molecular weight excluding hydrogens is 511 g/mol. The number of likely N-dealkylation sites (tertiary alicyclic amines) is 1. The molecule has 3 heterocycles. The van der Waals surface area contributed by atoms with Crippen molar-refractivity contribution in [1.29, 1.82) is 0 Å². The van der Waals surface area contributed by atoms with Crippen molar-refractivity contribution in [2.24, 2.45) is 0 Å². The Kier molecular flexibility index (Phi) is 6.53. The van der Waals surface area contributed by atoms with E-state index in [0.29, 0.717) is 10.0 Å². The van der Waals surface area contributed by atoms with Crippen LogP contribution in [0.15, 0.2) is 85.1 Å². The van der Waals surface area contributed by atoms with Gasteiger partial charge in [-0.2, -0.15) is 0 Å². The summed E-state index contributed by atoms with van der Waals surface area (Å²) in [6.45, 7) is 2.70.